The lowest BCUT2D eigenvalue weighted by molar-refractivity contribution is -0.145. The van der Waals surface area contributed by atoms with Gasteiger partial charge in [0.15, 0.2) is 0 Å². The third kappa shape index (κ3) is 7.51. The topological polar surface area (TPSA) is 134 Å². The maximum atomic E-state index is 14.6. The average molecular weight is 723 g/mol. The molecule has 3 aromatic rings. The molecule has 0 spiro atoms. The zero-order valence-corrected chi connectivity index (χ0v) is 29.6. The van der Waals surface area contributed by atoms with E-state index >= 15 is 0 Å². The van der Waals surface area contributed by atoms with Crippen LogP contribution in [0.5, 0.6) is 11.5 Å². The fourth-order valence-corrected chi connectivity index (χ4v) is 7.85. The number of halogens is 2. The molecule has 13 heteroatoms. The van der Waals surface area contributed by atoms with Crippen LogP contribution in [0, 0.1) is 17.2 Å². The van der Waals surface area contributed by atoms with Gasteiger partial charge in [0.05, 0.1) is 5.25 Å². The van der Waals surface area contributed by atoms with Gasteiger partial charge in [-0.2, -0.15) is 0 Å². The van der Waals surface area contributed by atoms with E-state index in [1.54, 1.807) is 42.5 Å². The highest BCUT2D eigenvalue weighted by atomic mass is 35.5. The van der Waals surface area contributed by atoms with Crippen LogP contribution in [-0.2, 0) is 37.4 Å². The molecule has 0 saturated heterocycles. The van der Waals surface area contributed by atoms with Crippen LogP contribution in [0.3, 0.4) is 0 Å². The molecule has 4 atom stereocenters. The summed E-state index contributed by atoms with van der Waals surface area (Å²) in [5, 5.41) is 5.96. The van der Waals surface area contributed by atoms with Gasteiger partial charge in [-0.05, 0) is 90.4 Å². The number of hydrogen-bond acceptors (Lipinski definition) is 7. The molecule has 6 rings (SSSR count). The molecule has 1 aliphatic heterocycles. The number of benzene rings is 3. The maximum Gasteiger partial charge on any atom is 0.259 e. The van der Waals surface area contributed by atoms with E-state index < -0.39 is 61.9 Å². The molecule has 2 saturated carbocycles. The first kappa shape index (κ1) is 35.4. The second-order valence-corrected chi connectivity index (χ2v) is 16.7. The van der Waals surface area contributed by atoms with Crippen LogP contribution in [-0.4, -0.2) is 53.9 Å². The Balaban J connectivity index is 1.32. The van der Waals surface area contributed by atoms with Crippen molar-refractivity contribution in [2.45, 2.75) is 75.9 Å². The first-order valence-corrected chi connectivity index (χ1v) is 18.4. The second kappa shape index (κ2) is 13.4. The van der Waals surface area contributed by atoms with Gasteiger partial charge in [0.25, 0.3) is 5.91 Å². The van der Waals surface area contributed by atoms with Gasteiger partial charge in [-0.1, -0.05) is 50.6 Å². The van der Waals surface area contributed by atoms with E-state index in [9.17, 15) is 27.2 Å². The molecule has 0 radical (unpaired) electrons. The molecule has 2 aliphatic carbocycles. The standard InChI is InChI=1S/C37H40ClFN4O6S/c1-5-24-20-37(24,35(46)42-50(47,48)30-15-16-30)41-33(44)31-18-23-17-29(49-28-8-6-7-25(38)19-28)14-9-22(23)21-43(31)34(45)32(36(2,3)4)40-27-12-10-26(39)11-13-27/h5-14,17,19,24,30-32,40H,1,15-16,18,20-21H2,2-4H3,(H,41,44)(H,42,46)/t24-,31-,32-,37-/m1/s1. The number of fused-ring (bicyclic) bond motifs is 1. The second-order valence-electron chi connectivity index (χ2n) is 14.3. The van der Waals surface area contributed by atoms with Crippen molar-refractivity contribution in [2.24, 2.45) is 11.3 Å². The molecular weight excluding hydrogens is 683 g/mol. The summed E-state index contributed by atoms with van der Waals surface area (Å²) in [5.74, 6) is -1.69. The van der Waals surface area contributed by atoms with E-state index in [4.69, 9.17) is 16.3 Å². The summed E-state index contributed by atoms with van der Waals surface area (Å²) in [4.78, 5) is 43.9. The van der Waals surface area contributed by atoms with Crippen molar-refractivity contribution in [1.82, 2.24) is 14.9 Å². The van der Waals surface area contributed by atoms with Gasteiger partial charge in [0, 0.05) is 29.6 Å². The first-order chi connectivity index (χ1) is 23.6. The van der Waals surface area contributed by atoms with Crippen LogP contribution in [0.15, 0.2) is 79.4 Å². The highest BCUT2D eigenvalue weighted by Crippen LogP contribution is 2.45. The number of nitrogens with zero attached hydrogens (tertiary/aromatic N) is 1. The number of sulfonamides is 1. The van der Waals surface area contributed by atoms with Crippen molar-refractivity contribution in [1.29, 1.82) is 0 Å². The van der Waals surface area contributed by atoms with Crippen LogP contribution in [0.1, 0.15) is 51.2 Å². The largest absolute Gasteiger partial charge is 0.457 e. The lowest BCUT2D eigenvalue weighted by Crippen LogP contribution is -2.61. The molecule has 0 unspecified atom stereocenters. The molecule has 264 valence electrons. The smallest absolute Gasteiger partial charge is 0.259 e. The van der Waals surface area contributed by atoms with Crippen molar-refractivity contribution < 1.29 is 31.9 Å². The molecular formula is C37H40ClFN4O6S. The Bertz CT molecular complexity index is 1950. The molecule has 10 nitrogen and oxygen atoms in total. The fraction of sp³-hybridized carbons (Fsp3) is 0.378. The predicted molar refractivity (Wildman–Crippen MR) is 189 cm³/mol. The van der Waals surface area contributed by atoms with Crippen molar-refractivity contribution in [2.75, 3.05) is 5.32 Å². The van der Waals surface area contributed by atoms with Crippen LogP contribution in [0.2, 0.25) is 5.02 Å². The molecule has 3 N–H and O–H groups in total. The van der Waals surface area contributed by atoms with Gasteiger partial charge >= 0.3 is 0 Å². The number of ether oxygens (including phenoxy) is 1. The molecule has 3 amide bonds. The summed E-state index contributed by atoms with van der Waals surface area (Å²) >= 11 is 6.14. The third-order valence-corrected chi connectivity index (χ3v) is 11.5. The number of hydrogen-bond donors (Lipinski definition) is 3. The summed E-state index contributed by atoms with van der Waals surface area (Å²) in [6, 6.07) is 16.1. The minimum atomic E-state index is -3.88. The zero-order valence-electron chi connectivity index (χ0n) is 28.0. The number of nitrogens with one attached hydrogen (secondary N) is 3. The van der Waals surface area contributed by atoms with Gasteiger partial charge in [-0.25, -0.2) is 12.8 Å². The van der Waals surface area contributed by atoms with Crippen LogP contribution in [0.25, 0.3) is 0 Å². The number of carbonyl (C=O) groups excluding carboxylic acids is 3. The first-order valence-electron chi connectivity index (χ1n) is 16.5. The highest BCUT2D eigenvalue weighted by molar-refractivity contribution is 7.91. The molecule has 50 heavy (non-hydrogen) atoms. The molecule has 3 aromatic carbocycles. The van der Waals surface area contributed by atoms with Gasteiger partial charge in [0.2, 0.25) is 21.8 Å². The summed E-state index contributed by atoms with van der Waals surface area (Å²) in [7, 11) is -3.88. The summed E-state index contributed by atoms with van der Waals surface area (Å²) in [6.45, 7) is 9.51. The van der Waals surface area contributed by atoms with Gasteiger partial charge in [0.1, 0.15) is 34.9 Å². The lowest BCUT2D eigenvalue weighted by Gasteiger charge is -2.41. The summed E-state index contributed by atoms with van der Waals surface area (Å²) in [5.41, 5.74) is -0.0833. The third-order valence-electron chi connectivity index (χ3n) is 9.44. The number of anilines is 1. The quantitative estimate of drug-likeness (QED) is 0.216. The lowest BCUT2D eigenvalue weighted by atomic mass is 9.84. The van der Waals surface area contributed by atoms with Crippen molar-refractivity contribution in [3.05, 3.63) is 101 Å². The molecule has 3 aliphatic rings. The van der Waals surface area contributed by atoms with E-state index in [1.807, 2.05) is 32.9 Å². The Hall–Kier alpha value is -4.42. The Labute approximate surface area is 296 Å². The number of carbonyl (C=O) groups is 3. The van der Waals surface area contributed by atoms with E-state index in [0.29, 0.717) is 35.1 Å². The molecule has 2 fully saturated rings. The predicted octanol–water partition coefficient (Wildman–Crippen LogP) is 5.72. The van der Waals surface area contributed by atoms with Gasteiger partial charge < -0.3 is 20.3 Å². The molecule has 0 bridgehead atoms. The maximum absolute atomic E-state index is 14.6. The number of amides is 3. The van der Waals surface area contributed by atoms with Crippen molar-refractivity contribution in [3.8, 4) is 11.5 Å². The highest BCUT2D eigenvalue weighted by Gasteiger charge is 2.61. The molecule has 1 heterocycles. The minimum Gasteiger partial charge on any atom is -0.457 e. The SMILES string of the molecule is C=C[C@@H]1C[C@]1(NC(=O)[C@H]1Cc2cc(Oc3cccc(Cl)c3)ccc2CN1C(=O)[C@@H](Nc1ccc(F)cc1)C(C)(C)C)C(=O)NS(=O)(=O)C1CC1. The Morgan fingerprint density at radius 2 is 1.74 bits per heavy atom. The Kier molecular flexibility index (Phi) is 9.47. The van der Waals surface area contributed by atoms with Crippen LogP contribution < -0.4 is 20.1 Å². The van der Waals surface area contributed by atoms with Crippen molar-refractivity contribution in [3.63, 3.8) is 0 Å². The van der Waals surface area contributed by atoms with Crippen molar-refractivity contribution >= 4 is 45.0 Å². The van der Waals surface area contributed by atoms with Crippen LogP contribution in [0.4, 0.5) is 10.1 Å². The summed E-state index contributed by atoms with van der Waals surface area (Å²) < 4.78 is 47.3. The van der Waals surface area contributed by atoms with Gasteiger partial charge in [-0.15, -0.1) is 6.58 Å². The van der Waals surface area contributed by atoms with E-state index in [0.717, 1.165) is 11.1 Å². The Morgan fingerprint density at radius 1 is 1.04 bits per heavy atom. The monoisotopic (exact) mass is 722 g/mol. The fourth-order valence-electron chi connectivity index (χ4n) is 6.30. The normalized spacial score (nSPS) is 22.1. The van der Waals surface area contributed by atoms with E-state index in [-0.39, 0.29) is 25.3 Å². The van der Waals surface area contributed by atoms with Crippen LogP contribution >= 0.6 is 11.6 Å². The van der Waals surface area contributed by atoms with E-state index in [2.05, 4.69) is 21.9 Å². The minimum absolute atomic E-state index is 0.0710. The average Bonchev–Trinajstić information content (AvgIpc) is 3.99. The summed E-state index contributed by atoms with van der Waals surface area (Å²) in [6.07, 6.45) is 2.71. The van der Waals surface area contributed by atoms with Gasteiger partial charge in [-0.3, -0.25) is 19.1 Å². The number of rotatable bonds is 11. The Morgan fingerprint density at radius 3 is 2.36 bits per heavy atom. The van der Waals surface area contributed by atoms with E-state index in [1.165, 1.54) is 23.1 Å². The zero-order chi connectivity index (χ0) is 36.0. The molecule has 0 aromatic heterocycles.